The van der Waals surface area contributed by atoms with Crippen molar-refractivity contribution in [2.75, 3.05) is 12.5 Å². The van der Waals surface area contributed by atoms with Gasteiger partial charge in [0.1, 0.15) is 0 Å². The van der Waals surface area contributed by atoms with Crippen LogP contribution in [0, 0.1) is 0 Å². The fraction of sp³-hybridized carbons (Fsp3) is 0.133. The molecule has 1 radical (unpaired) electrons. The molecule has 0 aliphatic heterocycles. The van der Waals surface area contributed by atoms with Gasteiger partial charge in [-0.05, 0) is 8.95 Å². The normalized spacial score (nSPS) is 11.0. The van der Waals surface area contributed by atoms with Crippen LogP contribution < -0.4 is 0 Å². The van der Waals surface area contributed by atoms with E-state index in [1.165, 1.54) is 21.5 Å². The van der Waals surface area contributed by atoms with E-state index in [1.54, 1.807) is 0 Å². The molecule has 0 aliphatic carbocycles. The maximum atomic E-state index is 9.08. The maximum Gasteiger partial charge on any atom is 3.00 e. The van der Waals surface area contributed by atoms with Gasteiger partial charge in [-0.3, -0.25) is 0 Å². The third kappa shape index (κ3) is 11.0. The van der Waals surface area contributed by atoms with E-state index in [-0.39, 0.29) is 26.2 Å². The van der Waals surface area contributed by atoms with Gasteiger partial charge in [-0.15, -0.1) is 39.7 Å². The molecule has 0 amide bonds. The zero-order chi connectivity index (χ0) is 19.4. The first-order valence-corrected chi connectivity index (χ1v) is 11.7. The Hall–Kier alpha value is -0.0269. The average Bonchev–Trinajstić information content (AvgIpc) is 2.70. The number of rotatable bonds is 0. The first kappa shape index (κ1) is 26.0. The molecule has 139 valence electrons. The van der Waals surface area contributed by atoms with E-state index in [1.807, 2.05) is 0 Å². The Labute approximate surface area is 188 Å². The Balaban J connectivity index is 0.000000482. The van der Waals surface area contributed by atoms with Gasteiger partial charge in [0.15, 0.2) is 0 Å². The van der Waals surface area contributed by atoms with Gasteiger partial charge in [0.25, 0.3) is 0 Å². The van der Waals surface area contributed by atoms with Crippen LogP contribution in [0.3, 0.4) is 0 Å². The topological polar surface area (TPSA) is 114 Å². The van der Waals surface area contributed by atoms with Crippen LogP contribution in [0.4, 0.5) is 0 Å². The van der Waals surface area contributed by atoms with Crippen molar-refractivity contribution in [2.45, 2.75) is 0 Å². The summed E-state index contributed by atoms with van der Waals surface area (Å²) >= 11 is 6.99. The second-order valence-electron chi connectivity index (χ2n) is 5.02. The first-order valence-electron chi connectivity index (χ1n) is 6.50. The summed E-state index contributed by atoms with van der Waals surface area (Å²) in [6, 6.07) is 15.0. The SMILES string of the molecule is Brc1ccc2c(c1)[cH-]c1cc(Br)ccc12.CS(=O)(=O)[O-].CS(=O)(=O)[O-].[Zr+3]. The zero-order valence-electron chi connectivity index (χ0n) is 13.6. The molecule has 26 heavy (non-hydrogen) atoms. The van der Waals surface area contributed by atoms with Crippen LogP contribution in [0.1, 0.15) is 0 Å². The molecule has 0 saturated heterocycles. The molecular weight excluding hydrogens is 591 g/mol. The summed E-state index contributed by atoms with van der Waals surface area (Å²) in [7, 11) is -7.83. The molecule has 0 fully saturated rings. The summed E-state index contributed by atoms with van der Waals surface area (Å²) in [5.41, 5.74) is 0. The predicted octanol–water partition coefficient (Wildman–Crippen LogP) is 3.56. The fourth-order valence-electron chi connectivity index (χ4n) is 1.96. The van der Waals surface area contributed by atoms with Crippen molar-refractivity contribution in [1.29, 1.82) is 0 Å². The van der Waals surface area contributed by atoms with Gasteiger partial charge in [-0.1, -0.05) is 56.1 Å². The van der Waals surface area contributed by atoms with Crippen LogP contribution in [-0.2, 0) is 46.4 Å². The van der Waals surface area contributed by atoms with Gasteiger partial charge < -0.3 is 9.11 Å². The molecule has 0 atom stereocenters. The van der Waals surface area contributed by atoms with Gasteiger partial charge in [0.05, 0.1) is 20.2 Å². The van der Waals surface area contributed by atoms with Crippen molar-refractivity contribution in [2.24, 2.45) is 0 Å². The van der Waals surface area contributed by atoms with Crippen LogP contribution in [0.2, 0.25) is 0 Å². The van der Waals surface area contributed by atoms with Crippen molar-refractivity contribution >= 4 is 73.6 Å². The minimum absolute atomic E-state index is 0. The molecule has 0 aliphatic rings. The van der Waals surface area contributed by atoms with Gasteiger partial charge in [0, 0.05) is 12.5 Å². The van der Waals surface area contributed by atoms with E-state index in [0.29, 0.717) is 12.5 Å². The van der Waals surface area contributed by atoms with Crippen molar-refractivity contribution in [3.05, 3.63) is 51.4 Å². The van der Waals surface area contributed by atoms with Crippen molar-refractivity contribution in [3.8, 4) is 0 Å². The summed E-state index contributed by atoms with van der Waals surface area (Å²) in [5, 5.41) is 5.22. The molecule has 0 heterocycles. The summed E-state index contributed by atoms with van der Waals surface area (Å²) in [6.45, 7) is 0. The molecular formula is C15H13Br2O6S2Zr. The van der Waals surface area contributed by atoms with E-state index >= 15 is 0 Å². The Bertz CT molecular complexity index is 990. The second-order valence-corrected chi connectivity index (χ2v) is 9.66. The predicted molar refractivity (Wildman–Crippen MR) is 104 cm³/mol. The first-order chi connectivity index (χ1) is 11.2. The Kier molecular flexibility index (Phi) is 10.5. The largest absolute Gasteiger partial charge is 3.00 e. The summed E-state index contributed by atoms with van der Waals surface area (Å²) in [5.74, 6) is 0. The monoisotopic (exact) mass is 601 g/mol. The van der Waals surface area contributed by atoms with Gasteiger partial charge in [0.2, 0.25) is 0 Å². The summed E-state index contributed by atoms with van der Waals surface area (Å²) < 4.78 is 56.7. The molecule has 0 aromatic heterocycles. The van der Waals surface area contributed by atoms with E-state index in [4.69, 9.17) is 25.9 Å². The van der Waals surface area contributed by atoms with Crippen molar-refractivity contribution < 1.29 is 52.1 Å². The Morgan fingerprint density at radius 2 is 1.04 bits per heavy atom. The standard InChI is InChI=1S/C13H7Br2.2CH4O3S.Zr/c14-10-1-3-12-8(6-10)5-9-7-11(15)2-4-13(9)12;2*1-5(2,3)4;/h1-7H;2*1H3,(H,2,3,4);/q-1;;;+3/p-2. The van der Waals surface area contributed by atoms with Crippen molar-refractivity contribution in [1.82, 2.24) is 0 Å². The summed E-state index contributed by atoms with van der Waals surface area (Å²) in [4.78, 5) is 0. The zero-order valence-corrected chi connectivity index (χ0v) is 20.8. The number of halogens is 2. The molecule has 0 spiro atoms. The average molecular weight is 604 g/mol. The fourth-order valence-corrected chi connectivity index (χ4v) is 2.72. The van der Waals surface area contributed by atoms with Crippen LogP contribution in [0.15, 0.2) is 51.4 Å². The summed E-state index contributed by atoms with van der Waals surface area (Å²) in [6.07, 6.45) is 1.21. The van der Waals surface area contributed by atoms with E-state index < -0.39 is 20.2 Å². The molecule has 0 saturated carbocycles. The van der Waals surface area contributed by atoms with Gasteiger partial charge >= 0.3 is 26.2 Å². The smallest absolute Gasteiger partial charge is 0.748 e. The van der Waals surface area contributed by atoms with E-state index in [0.717, 1.165) is 8.95 Å². The Morgan fingerprint density at radius 3 is 1.31 bits per heavy atom. The van der Waals surface area contributed by atoms with Crippen LogP contribution in [0.5, 0.6) is 0 Å². The van der Waals surface area contributed by atoms with Crippen LogP contribution in [0.25, 0.3) is 21.5 Å². The Morgan fingerprint density at radius 1 is 0.769 bits per heavy atom. The quantitative estimate of drug-likeness (QED) is 0.287. The van der Waals surface area contributed by atoms with Crippen molar-refractivity contribution in [3.63, 3.8) is 0 Å². The minimum atomic E-state index is -3.92. The molecule has 11 heteroatoms. The molecule has 3 aromatic carbocycles. The van der Waals surface area contributed by atoms with E-state index in [2.05, 4.69) is 74.3 Å². The minimum Gasteiger partial charge on any atom is -0.748 e. The van der Waals surface area contributed by atoms with Gasteiger partial charge in [-0.25, -0.2) is 16.8 Å². The third-order valence-electron chi connectivity index (χ3n) is 2.63. The third-order valence-corrected chi connectivity index (χ3v) is 3.61. The number of benzene rings is 2. The van der Waals surface area contributed by atoms with Crippen LogP contribution >= 0.6 is 31.9 Å². The van der Waals surface area contributed by atoms with Gasteiger partial charge in [-0.2, -0.15) is 0 Å². The maximum absolute atomic E-state index is 9.08. The molecule has 0 bridgehead atoms. The second kappa shape index (κ2) is 10.5. The molecule has 6 nitrogen and oxygen atoms in total. The molecule has 3 aromatic rings. The molecule has 3 rings (SSSR count). The van der Waals surface area contributed by atoms with Crippen LogP contribution in [-0.4, -0.2) is 38.5 Å². The number of fused-ring (bicyclic) bond motifs is 3. The van der Waals surface area contributed by atoms with E-state index in [9.17, 15) is 0 Å². The number of hydrogen-bond acceptors (Lipinski definition) is 6. The number of hydrogen-bond donors (Lipinski definition) is 0. The molecule has 0 N–H and O–H groups in total. The molecule has 0 unspecified atom stereocenters.